The van der Waals surface area contributed by atoms with Crippen LogP contribution in [0.1, 0.15) is 77.6 Å². The van der Waals surface area contributed by atoms with Gasteiger partial charge in [-0.15, -0.1) is 0 Å². The molecule has 3 aromatic rings. The van der Waals surface area contributed by atoms with Gasteiger partial charge in [-0.25, -0.2) is 0 Å². The maximum Gasteiger partial charge on any atom is 0.208 e. The quantitative estimate of drug-likeness (QED) is 0.313. The van der Waals surface area contributed by atoms with Gasteiger partial charge in [0, 0.05) is 10.8 Å². The Kier molecular flexibility index (Phi) is 7.26. The number of benzene rings is 2. The molecule has 0 radical (unpaired) electrons. The summed E-state index contributed by atoms with van der Waals surface area (Å²) in [6, 6.07) is 6.79. The second-order valence-electron chi connectivity index (χ2n) is 10.4. The number of hydrogen-bond donors (Lipinski definition) is 0. The molecule has 0 atom stereocenters. The molecule has 0 unspecified atom stereocenters. The van der Waals surface area contributed by atoms with Gasteiger partial charge in [-0.3, -0.25) is 0 Å². The van der Waals surface area contributed by atoms with Gasteiger partial charge in [-0.1, -0.05) is 51.9 Å². The van der Waals surface area contributed by atoms with Crippen LogP contribution in [-0.2, 0) is 0 Å². The number of halogens is 2. The molecule has 2 aromatic carbocycles. The summed E-state index contributed by atoms with van der Waals surface area (Å²) in [6.45, 7) is 3.26. The summed E-state index contributed by atoms with van der Waals surface area (Å²) >= 11 is 0. The number of ether oxygens (including phenoxy) is 2. The highest BCUT2D eigenvalue weighted by Crippen LogP contribution is 2.39. The molecule has 1 aromatic heterocycles. The van der Waals surface area contributed by atoms with Crippen LogP contribution in [0, 0.1) is 29.4 Å². The number of hydrogen-bond acceptors (Lipinski definition) is 3. The van der Waals surface area contributed by atoms with Crippen molar-refractivity contribution < 1.29 is 22.7 Å². The third kappa shape index (κ3) is 4.89. The Morgan fingerprint density at radius 3 is 1.76 bits per heavy atom. The normalized spacial score (nSPS) is 21.5. The Bertz CT molecular complexity index is 1110. The van der Waals surface area contributed by atoms with Gasteiger partial charge in [-0.05, 0) is 67.7 Å². The Hall–Kier alpha value is -2.30. The molecular formula is C29H36F2O3. The van der Waals surface area contributed by atoms with Gasteiger partial charge in [0.25, 0.3) is 0 Å². The van der Waals surface area contributed by atoms with Crippen LogP contribution in [0.4, 0.5) is 8.78 Å². The third-order valence-electron chi connectivity index (χ3n) is 7.97. The van der Waals surface area contributed by atoms with E-state index in [1.807, 2.05) is 0 Å². The first kappa shape index (κ1) is 23.4. The number of unbranched alkanes of at least 4 members (excludes halogenated alkanes) is 1. The largest absolute Gasteiger partial charge is 0.490 e. The second-order valence-corrected chi connectivity index (χ2v) is 10.4. The van der Waals surface area contributed by atoms with Gasteiger partial charge in [0.2, 0.25) is 11.6 Å². The van der Waals surface area contributed by atoms with Crippen molar-refractivity contribution in [2.45, 2.75) is 77.6 Å². The van der Waals surface area contributed by atoms with E-state index in [1.165, 1.54) is 44.9 Å². The van der Waals surface area contributed by atoms with Crippen LogP contribution in [0.2, 0.25) is 0 Å². The highest BCUT2D eigenvalue weighted by Gasteiger charge is 2.24. The van der Waals surface area contributed by atoms with Gasteiger partial charge in [0.15, 0.2) is 22.7 Å². The molecule has 2 aliphatic carbocycles. The standard InChI is InChI=1S/C29H36F2O3/c1-2-3-6-19-9-11-21(12-10-19)18-33-25-16-14-23-22-13-15-24(32-17-20-7-4-5-8-20)26(30)28(22)34-29(23)27(25)31/h13-16,19-21H,2-12,17-18H2,1H3. The smallest absolute Gasteiger partial charge is 0.208 e. The van der Waals surface area contributed by atoms with Crippen molar-refractivity contribution in [2.75, 3.05) is 13.2 Å². The van der Waals surface area contributed by atoms with Crippen LogP contribution in [0.15, 0.2) is 28.7 Å². The van der Waals surface area contributed by atoms with E-state index in [1.54, 1.807) is 24.3 Å². The molecule has 0 saturated heterocycles. The highest BCUT2D eigenvalue weighted by molar-refractivity contribution is 6.06. The van der Waals surface area contributed by atoms with Gasteiger partial charge in [0.05, 0.1) is 13.2 Å². The predicted octanol–water partition coefficient (Wildman–Crippen LogP) is 8.81. The monoisotopic (exact) mass is 470 g/mol. The summed E-state index contributed by atoms with van der Waals surface area (Å²) in [4.78, 5) is 0. The van der Waals surface area contributed by atoms with Crippen LogP contribution in [0.3, 0.4) is 0 Å². The first-order valence-corrected chi connectivity index (χ1v) is 13.2. The van der Waals surface area contributed by atoms with Crippen molar-refractivity contribution in [3.05, 3.63) is 35.9 Å². The van der Waals surface area contributed by atoms with Crippen LogP contribution >= 0.6 is 0 Å². The molecule has 0 aliphatic heterocycles. The molecule has 0 N–H and O–H groups in total. The maximum absolute atomic E-state index is 15.3. The number of fused-ring (bicyclic) bond motifs is 3. The van der Waals surface area contributed by atoms with E-state index >= 15 is 8.78 Å². The lowest BCUT2D eigenvalue weighted by Gasteiger charge is -2.28. The minimum atomic E-state index is -0.562. The van der Waals surface area contributed by atoms with E-state index in [0.717, 1.165) is 31.6 Å². The Morgan fingerprint density at radius 2 is 1.24 bits per heavy atom. The van der Waals surface area contributed by atoms with Gasteiger partial charge >= 0.3 is 0 Å². The Balaban J connectivity index is 1.27. The summed E-state index contributed by atoms with van der Waals surface area (Å²) in [5, 5.41) is 1.11. The van der Waals surface area contributed by atoms with E-state index in [4.69, 9.17) is 13.9 Å². The average Bonchev–Trinajstić information content (AvgIpc) is 3.51. The summed E-state index contributed by atoms with van der Waals surface area (Å²) < 4.78 is 47.8. The lowest BCUT2D eigenvalue weighted by molar-refractivity contribution is 0.174. The molecule has 184 valence electrons. The van der Waals surface area contributed by atoms with Crippen molar-refractivity contribution in [1.29, 1.82) is 0 Å². The van der Waals surface area contributed by atoms with Crippen molar-refractivity contribution in [1.82, 2.24) is 0 Å². The molecule has 2 saturated carbocycles. The topological polar surface area (TPSA) is 31.6 Å². The fourth-order valence-electron chi connectivity index (χ4n) is 5.80. The zero-order valence-corrected chi connectivity index (χ0v) is 20.2. The summed E-state index contributed by atoms with van der Waals surface area (Å²) in [5.41, 5.74) is 0.0861. The van der Waals surface area contributed by atoms with Gasteiger partial charge < -0.3 is 13.9 Å². The van der Waals surface area contributed by atoms with Crippen LogP contribution in [0.25, 0.3) is 21.9 Å². The van der Waals surface area contributed by atoms with Crippen LogP contribution in [0.5, 0.6) is 11.5 Å². The number of furan rings is 1. The minimum Gasteiger partial charge on any atom is -0.490 e. The molecule has 0 spiro atoms. The van der Waals surface area contributed by atoms with Gasteiger partial charge in [0.1, 0.15) is 0 Å². The second kappa shape index (κ2) is 10.5. The molecule has 1 heterocycles. The molecule has 3 nitrogen and oxygen atoms in total. The molecule has 2 fully saturated rings. The van der Waals surface area contributed by atoms with Crippen molar-refractivity contribution in [3.63, 3.8) is 0 Å². The summed E-state index contributed by atoms with van der Waals surface area (Å²) in [6.07, 6.45) is 13.3. The van der Waals surface area contributed by atoms with E-state index in [2.05, 4.69) is 6.92 Å². The molecule has 5 heteroatoms. The number of rotatable bonds is 9. The zero-order valence-electron chi connectivity index (χ0n) is 20.2. The minimum absolute atomic E-state index is 0.0420. The first-order valence-electron chi connectivity index (χ1n) is 13.2. The van der Waals surface area contributed by atoms with E-state index in [0.29, 0.717) is 35.8 Å². The molecule has 34 heavy (non-hydrogen) atoms. The summed E-state index contributed by atoms with van der Waals surface area (Å²) in [5.74, 6) is 1.01. The summed E-state index contributed by atoms with van der Waals surface area (Å²) in [7, 11) is 0. The fraction of sp³-hybridized carbons (Fsp3) is 0.586. The third-order valence-corrected chi connectivity index (χ3v) is 7.97. The highest BCUT2D eigenvalue weighted by atomic mass is 19.1. The van der Waals surface area contributed by atoms with E-state index < -0.39 is 11.6 Å². The van der Waals surface area contributed by atoms with E-state index in [-0.39, 0.29) is 22.7 Å². The predicted molar refractivity (Wildman–Crippen MR) is 132 cm³/mol. The molecule has 0 amide bonds. The Morgan fingerprint density at radius 1 is 0.735 bits per heavy atom. The maximum atomic E-state index is 15.3. The lowest BCUT2D eigenvalue weighted by Crippen LogP contribution is -2.20. The van der Waals surface area contributed by atoms with Crippen molar-refractivity contribution in [2.24, 2.45) is 17.8 Å². The van der Waals surface area contributed by atoms with E-state index in [9.17, 15) is 0 Å². The fourth-order valence-corrected chi connectivity index (χ4v) is 5.80. The molecule has 5 rings (SSSR count). The molecular weight excluding hydrogens is 434 g/mol. The zero-order chi connectivity index (χ0) is 23.5. The first-order chi connectivity index (χ1) is 16.6. The Labute approximate surface area is 200 Å². The average molecular weight is 471 g/mol. The van der Waals surface area contributed by atoms with Gasteiger partial charge in [-0.2, -0.15) is 8.78 Å². The van der Waals surface area contributed by atoms with Crippen LogP contribution in [-0.4, -0.2) is 13.2 Å². The molecule has 2 aliphatic rings. The van der Waals surface area contributed by atoms with Crippen molar-refractivity contribution in [3.8, 4) is 11.5 Å². The van der Waals surface area contributed by atoms with Crippen molar-refractivity contribution >= 4 is 21.9 Å². The molecule has 0 bridgehead atoms. The SMILES string of the molecule is CCCCC1CCC(COc2ccc3c(oc4c(F)c(OCC5CCCC5)ccc43)c2F)CC1. The lowest BCUT2D eigenvalue weighted by atomic mass is 9.80. The van der Waals surface area contributed by atoms with Crippen LogP contribution < -0.4 is 9.47 Å².